The second-order valence-electron chi connectivity index (χ2n) is 29.2. The predicted molar refractivity (Wildman–Crippen MR) is 296 cm³/mol. The summed E-state index contributed by atoms with van der Waals surface area (Å²) in [5.74, 6) is -0.220. The molecule has 0 spiro atoms. The molecule has 0 radical (unpaired) electrons. The van der Waals surface area contributed by atoms with Crippen LogP contribution in [0.1, 0.15) is 106 Å². The fourth-order valence-corrected chi connectivity index (χ4v) is 17.7. The van der Waals surface area contributed by atoms with Gasteiger partial charge in [-0.1, -0.05) is 60.1 Å². The van der Waals surface area contributed by atoms with E-state index in [2.05, 4.69) is 54.5 Å². The van der Waals surface area contributed by atoms with Crippen molar-refractivity contribution in [3.05, 3.63) is 11.6 Å². The highest BCUT2D eigenvalue weighted by molar-refractivity contribution is 5.89. The van der Waals surface area contributed by atoms with Gasteiger partial charge >= 0.3 is 0 Å². The molecule has 0 aromatic heterocycles. The van der Waals surface area contributed by atoms with E-state index in [0.29, 0.717) is 32.1 Å². The number of Topliss-reactive ketones (excluding diaryl/α,β-unsaturated/α-hetero) is 1. The number of carbonyl (C=O) groups is 1. The van der Waals surface area contributed by atoms with Crippen LogP contribution in [0, 0.1) is 50.2 Å². The van der Waals surface area contributed by atoms with E-state index in [9.17, 15) is 86.8 Å². The summed E-state index contributed by atoms with van der Waals surface area (Å²) in [6.07, 6.45) is -35.5. The molecule has 506 valence electrons. The highest BCUT2D eigenvalue weighted by Gasteiger charge is 2.71. The van der Waals surface area contributed by atoms with Gasteiger partial charge in [-0.15, -0.1) is 0 Å². The predicted octanol–water partition coefficient (Wildman–Crippen LogP) is -4.56. The van der Waals surface area contributed by atoms with Gasteiger partial charge in [-0.05, 0) is 90.8 Å². The largest absolute Gasteiger partial charge is 0.394 e. The van der Waals surface area contributed by atoms with Gasteiger partial charge in [-0.25, -0.2) is 0 Å². The van der Waals surface area contributed by atoms with Gasteiger partial charge in [0, 0.05) is 11.8 Å². The third-order valence-electron chi connectivity index (χ3n) is 23.4. The number of aliphatic hydroxyl groups is 17. The molecule has 0 aromatic rings. The first kappa shape index (κ1) is 69.2. The van der Waals surface area contributed by atoms with E-state index in [4.69, 9.17) is 47.4 Å². The lowest BCUT2D eigenvalue weighted by atomic mass is 9.33. The van der Waals surface area contributed by atoms with E-state index in [1.165, 1.54) is 0 Å². The summed E-state index contributed by atoms with van der Waals surface area (Å²) in [6, 6.07) is 0. The minimum absolute atomic E-state index is 0.0551. The van der Waals surface area contributed by atoms with Crippen LogP contribution in [0.5, 0.6) is 0 Å². The number of allylic oxidation sites excluding steroid dienone is 2. The Kier molecular flexibility index (Phi) is 20.3. The zero-order valence-electron chi connectivity index (χ0n) is 51.0. The van der Waals surface area contributed by atoms with Crippen molar-refractivity contribution >= 4 is 5.78 Å². The van der Waals surface area contributed by atoms with E-state index >= 15 is 4.79 Å². The van der Waals surface area contributed by atoms with E-state index in [0.717, 1.165) is 24.8 Å². The van der Waals surface area contributed by atoms with Crippen molar-refractivity contribution in [2.45, 2.75) is 266 Å². The monoisotopic (exact) mass is 1270 g/mol. The summed E-state index contributed by atoms with van der Waals surface area (Å²) in [4.78, 5) is 15.9. The molecular formula is C60H98O28. The molecule has 28 heteroatoms. The van der Waals surface area contributed by atoms with Crippen LogP contribution in [0.3, 0.4) is 0 Å². The van der Waals surface area contributed by atoms with Crippen molar-refractivity contribution in [3.8, 4) is 0 Å². The molecule has 33 atom stereocenters. The second kappa shape index (κ2) is 25.8. The summed E-state index contributed by atoms with van der Waals surface area (Å²) in [7, 11) is 0. The first-order chi connectivity index (χ1) is 41.2. The molecule has 28 nitrogen and oxygen atoms in total. The number of aliphatic hydroxyl groups excluding tert-OH is 17. The van der Waals surface area contributed by atoms with Crippen LogP contribution in [0.25, 0.3) is 0 Å². The second-order valence-corrected chi connectivity index (χ2v) is 29.2. The maximum Gasteiger partial charge on any atom is 0.187 e. The number of carbonyl (C=O) groups excluding carboxylic acids is 1. The Morgan fingerprint density at radius 3 is 1.45 bits per heavy atom. The number of ketones is 1. The Labute approximate surface area is 510 Å². The number of hydrogen-bond acceptors (Lipinski definition) is 28. The zero-order chi connectivity index (χ0) is 64.3. The molecule has 5 heterocycles. The lowest BCUT2D eigenvalue weighted by Gasteiger charge is -2.71. The van der Waals surface area contributed by atoms with Crippen LogP contribution in [0.4, 0.5) is 0 Å². The molecule has 10 aliphatic rings. The molecule has 4 unspecified atom stereocenters. The third-order valence-corrected chi connectivity index (χ3v) is 23.4. The molecular weight excluding hydrogens is 1170 g/mol. The maximum absolute atomic E-state index is 15.9. The minimum atomic E-state index is -2.07. The number of fused-ring (bicyclic) bond motifs is 7. The molecule has 10 rings (SSSR count). The number of ether oxygens (including phenoxy) is 10. The van der Waals surface area contributed by atoms with Gasteiger partial charge in [0.15, 0.2) is 31.5 Å². The topological polar surface area (TPSA) is 453 Å². The summed E-state index contributed by atoms with van der Waals surface area (Å²) in [5, 5.41) is 182. The van der Waals surface area contributed by atoms with Crippen molar-refractivity contribution in [2.75, 3.05) is 39.6 Å². The highest BCUT2D eigenvalue weighted by Crippen LogP contribution is 2.75. The smallest absolute Gasteiger partial charge is 0.187 e. The molecule has 5 aliphatic heterocycles. The third kappa shape index (κ3) is 11.7. The molecule has 0 aromatic carbocycles. The van der Waals surface area contributed by atoms with Crippen molar-refractivity contribution in [1.29, 1.82) is 0 Å². The normalized spacial score (nSPS) is 53.7. The molecule has 0 amide bonds. The van der Waals surface area contributed by atoms with Crippen LogP contribution in [0.15, 0.2) is 11.6 Å². The van der Waals surface area contributed by atoms with Crippen LogP contribution >= 0.6 is 0 Å². The van der Waals surface area contributed by atoms with Gasteiger partial charge in [-0.3, -0.25) is 4.79 Å². The van der Waals surface area contributed by atoms with E-state index in [1.807, 2.05) is 0 Å². The fraction of sp³-hybridized carbons (Fsp3) is 0.950. The summed E-state index contributed by atoms with van der Waals surface area (Å²) in [5.41, 5.74) is -2.08. The molecule has 5 aliphatic carbocycles. The van der Waals surface area contributed by atoms with Crippen molar-refractivity contribution < 1.29 is 139 Å². The average molecular weight is 1270 g/mol. The number of hydrogen-bond donors (Lipinski definition) is 17. The van der Waals surface area contributed by atoms with Gasteiger partial charge in [0.05, 0.1) is 51.2 Å². The van der Waals surface area contributed by atoms with E-state index < -0.39 is 214 Å². The van der Waals surface area contributed by atoms with Gasteiger partial charge in [0.1, 0.15) is 128 Å². The fourth-order valence-electron chi connectivity index (χ4n) is 17.7. The van der Waals surface area contributed by atoms with Crippen LogP contribution in [0.2, 0.25) is 0 Å². The Morgan fingerprint density at radius 1 is 0.477 bits per heavy atom. The zero-order valence-corrected chi connectivity index (χ0v) is 51.0. The lowest BCUT2D eigenvalue weighted by molar-refractivity contribution is -0.378. The maximum atomic E-state index is 15.9. The van der Waals surface area contributed by atoms with Gasteiger partial charge in [-0.2, -0.15) is 0 Å². The molecule has 4 saturated carbocycles. The van der Waals surface area contributed by atoms with Crippen LogP contribution < -0.4 is 0 Å². The standard InChI is InChI=1S/C60H98O28/c1-55(2)14-15-60(25(16-55)24-8-9-32-57(5)12-11-34(87-52-47(77)42(72)37(67)28(20-63)84-52)56(3,4)31(57)10-13-58(32,6)59(24,7)17-33(60)64)23-81-54-49(44(74)39(69)30(86-54)22-80-51-46(76)41(71)36(66)27(19-62)83-51)88-53-48(78)43(73)38(68)29(85-53)21-79-50-45(75)40(70)35(65)26(18-61)82-50/h8,25-32,34-54,61-63,65-78H,9-23H2,1-7H3/t25?,26-,27-,28-,29-,30-,31?,32?,34+,35-,36-,37-,38-,39-,40+,41+,42+,43+,44+,45-,46-,47-,48-,49-,50-,51-,52?,53-,54-,57+,58-,59-,60-/m1/s1. The summed E-state index contributed by atoms with van der Waals surface area (Å²) < 4.78 is 60.1. The Balaban J connectivity index is 0.916. The van der Waals surface area contributed by atoms with Crippen molar-refractivity contribution in [3.63, 3.8) is 0 Å². The van der Waals surface area contributed by atoms with E-state index in [-0.39, 0.29) is 47.4 Å². The minimum Gasteiger partial charge on any atom is -0.394 e. The first-order valence-electron chi connectivity index (χ1n) is 31.3. The Hall–Kier alpha value is -1.67. The van der Waals surface area contributed by atoms with Crippen LogP contribution in [-0.4, -0.2) is 292 Å². The summed E-state index contributed by atoms with van der Waals surface area (Å²) >= 11 is 0. The molecule has 17 N–H and O–H groups in total. The number of rotatable bonds is 16. The van der Waals surface area contributed by atoms with Gasteiger partial charge < -0.3 is 134 Å². The van der Waals surface area contributed by atoms with Crippen LogP contribution in [-0.2, 0) is 52.2 Å². The molecule has 88 heavy (non-hydrogen) atoms. The highest BCUT2D eigenvalue weighted by atomic mass is 16.8. The Bertz CT molecular complexity index is 2430. The van der Waals surface area contributed by atoms with E-state index in [1.54, 1.807) is 0 Å². The lowest BCUT2D eigenvalue weighted by Crippen LogP contribution is -2.67. The Morgan fingerprint density at radius 2 is 0.932 bits per heavy atom. The van der Waals surface area contributed by atoms with Crippen molar-refractivity contribution in [1.82, 2.24) is 0 Å². The molecule has 9 fully saturated rings. The van der Waals surface area contributed by atoms with Gasteiger partial charge in [0.2, 0.25) is 0 Å². The molecule has 5 saturated heterocycles. The average Bonchev–Trinajstić information content (AvgIpc) is 0.703. The SMILES string of the molecule is CC1(C)CC[C@]2(CO[C@@H]3O[C@H](CO[C@@H]4O[C@H](CO)[C@@H](O)[C@H](O)[C@H]4O)[C@@H](O)[C@H](O)[C@H]3O[C@H]3O[C@H](CO[C@@H]4O[C@H](CO)[C@@H](O)[C@H](O)[C@H]4O)[C@@H](O)[C@H](O)[C@H]3O)C(=O)C[C@]3(C)C(=CCC4[C@@]5(C)CC[C@H](OC6O[C@H](CO)[C@@H](O)[C@H](O)[C@H]6O)C(C)(C)C5CC[C@]43C)C2C1. The first-order valence-corrected chi connectivity index (χ1v) is 31.3. The van der Waals surface area contributed by atoms with Crippen molar-refractivity contribution in [2.24, 2.45) is 50.2 Å². The summed E-state index contributed by atoms with van der Waals surface area (Å²) in [6.45, 7) is 11.7. The molecule has 0 bridgehead atoms. The van der Waals surface area contributed by atoms with Gasteiger partial charge in [0.25, 0.3) is 0 Å². The quantitative estimate of drug-likeness (QED) is 0.0511.